The number of para-hydroxylation sites is 1. The first-order valence-corrected chi connectivity index (χ1v) is 8.78. The van der Waals surface area contributed by atoms with Crippen LogP contribution in [0.25, 0.3) is 0 Å². The Morgan fingerprint density at radius 2 is 1.70 bits per heavy atom. The average Bonchev–Trinajstić information content (AvgIpc) is 2.69. The number of benzene rings is 2. The summed E-state index contributed by atoms with van der Waals surface area (Å²) in [6, 6.07) is 13.5. The van der Waals surface area contributed by atoms with Crippen molar-refractivity contribution in [3.63, 3.8) is 0 Å². The fraction of sp³-hybridized carbons (Fsp3) is 0.300. The predicted molar refractivity (Wildman–Crippen MR) is 101 cm³/mol. The largest absolute Gasteiger partial charge is 0.497 e. The Balaban J connectivity index is 1.49. The maximum Gasteiger partial charge on any atom is 0.233 e. The van der Waals surface area contributed by atoms with Gasteiger partial charge in [0, 0.05) is 31.9 Å². The molecule has 0 saturated carbocycles. The van der Waals surface area contributed by atoms with E-state index in [9.17, 15) is 14.0 Å². The molecule has 1 aliphatic heterocycles. The van der Waals surface area contributed by atoms with E-state index in [0.717, 1.165) is 0 Å². The minimum absolute atomic E-state index is 0.217. The van der Waals surface area contributed by atoms with Crippen molar-refractivity contribution in [1.29, 1.82) is 0 Å². The van der Waals surface area contributed by atoms with E-state index in [-0.39, 0.29) is 24.1 Å². The first kappa shape index (κ1) is 18.7. The number of rotatable bonds is 5. The van der Waals surface area contributed by atoms with Gasteiger partial charge in [0.25, 0.3) is 0 Å². The van der Waals surface area contributed by atoms with Crippen LogP contribution in [-0.4, -0.2) is 50.0 Å². The lowest BCUT2D eigenvalue weighted by Crippen LogP contribution is -2.49. The molecule has 6 nitrogen and oxygen atoms in total. The van der Waals surface area contributed by atoms with Gasteiger partial charge in [0.1, 0.15) is 18.0 Å². The summed E-state index contributed by atoms with van der Waals surface area (Å²) in [5.74, 6) is -0.163. The second-order valence-corrected chi connectivity index (χ2v) is 6.27. The Hall–Kier alpha value is -3.09. The number of ether oxygens (including phenoxy) is 1. The molecule has 142 valence electrons. The normalized spacial score (nSPS) is 14.0. The first-order chi connectivity index (χ1) is 13.1. The molecule has 0 spiro atoms. The van der Waals surface area contributed by atoms with Crippen molar-refractivity contribution in [2.45, 2.75) is 6.42 Å². The Bertz CT molecular complexity index is 802. The Morgan fingerprint density at radius 3 is 2.33 bits per heavy atom. The summed E-state index contributed by atoms with van der Waals surface area (Å²) in [6.45, 7) is 1.99. The van der Waals surface area contributed by atoms with Crippen LogP contribution in [0.5, 0.6) is 5.75 Å². The van der Waals surface area contributed by atoms with E-state index in [1.165, 1.54) is 6.07 Å². The lowest BCUT2D eigenvalue weighted by atomic mass is 10.2. The predicted octanol–water partition coefficient (Wildman–Crippen LogP) is 2.51. The van der Waals surface area contributed by atoms with E-state index in [2.05, 4.69) is 5.32 Å². The van der Waals surface area contributed by atoms with Gasteiger partial charge in [-0.15, -0.1) is 0 Å². The van der Waals surface area contributed by atoms with Gasteiger partial charge >= 0.3 is 0 Å². The molecule has 2 aromatic carbocycles. The van der Waals surface area contributed by atoms with Crippen LogP contribution in [0.4, 0.5) is 15.8 Å². The third-order valence-corrected chi connectivity index (χ3v) is 4.51. The minimum atomic E-state index is -0.360. The van der Waals surface area contributed by atoms with Crippen LogP contribution in [0.3, 0.4) is 0 Å². The second-order valence-electron chi connectivity index (χ2n) is 6.27. The van der Waals surface area contributed by atoms with E-state index in [1.54, 1.807) is 54.5 Å². The summed E-state index contributed by atoms with van der Waals surface area (Å²) < 4.78 is 18.9. The zero-order valence-electron chi connectivity index (χ0n) is 15.2. The molecule has 7 heteroatoms. The van der Waals surface area contributed by atoms with Gasteiger partial charge in [-0.2, -0.15) is 0 Å². The van der Waals surface area contributed by atoms with E-state index in [4.69, 9.17) is 4.74 Å². The molecule has 0 radical (unpaired) electrons. The highest BCUT2D eigenvalue weighted by Gasteiger charge is 2.24. The van der Waals surface area contributed by atoms with Crippen LogP contribution in [0, 0.1) is 5.82 Å². The van der Waals surface area contributed by atoms with Gasteiger partial charge in [-0.3, -0.25) is 9.59 Å². The number of nitrogens with zero attached hydrogens (tertiary/aromatic N) is 2. The molecule has 2 amide bonds. The maximum atomic E-state index is 13.9. The monoisotopic (exact) mass is 371 g/mol. The van der Waals surface area contributed by atoms with Crippen LogP contribution in [-0.2, 0) is 9.59 Å². The third kappa shape index (κ3) is 4.75. The van der Waals surface area contributed by atoms with E-state index < -0.39 is 0 Å². The average molecular weight is 371 g/mol. The van der Waals surface area contributed by atoms with Crippen molar-refractivity contribution >= 4 is 23.2 Å². The number of piperazine rings is 1. The fourth-order valence-corrected chi connectivity index (χ4v) is 3.03. The molecule has 1 N–H and O–H groups in total. The number of carbonyl (C=O) groups excluding carboxylic acids is 2. The highest BCUT2D eigenvalue weighted by Crippen LogP contribution is 2.20. The summed E-state index contributed by atoms with van der Waals surface area (Å²) in [5.41, 5.74) is 1.15. The molecular weight excluding hydrogens is 349 g/mol. The molecule has 1 saturated heterocycles. The molecule has 2 aromatic rings. The quantitative estimate of drug-likeness (QED) is 0.821. The number of anilines is 2. The number of methoxy groups -OCH3 is 1. The number of hydrogen-bond acceptors (Lipinski definition) is 4. The summed E-state index contributed by atoms with van der Waals surface area (Å²) in [4.78, 5) is 28.0. The van der Waals surface area contributed by atoms with Crippen LogP contribution in [0.2, 0.25) is 0 Å². The van der Waals surface area contributed by atoms with Gasteiger partial charge in [-0.05, 0) is 36.4 Å². The molecule has 1 aliphatic rings. The van der Waals surface area contributed by atoms with Crippen LogP contribution in [0.15, 0.2) is 48.5 Å². The lowest BCUT2D eigenvalue weighted by Gasteiger charge is -2.36. The molecule has 0 atom stereocenters. The molecule has 0 bridgehead atoms. The zero-order chi connectivity index (χ0) is 19.2. The van der Waals surface area contributed by atoms with E-state index in [1.807, 2.05) is 4.90 Å². The van der Waals surface area contributed by atoms with Crippen molar-refractivity contribution in [2.24, 2.45) is 0 Å². The van der Waals surface area contributed by atoms with Crippen molar-refractivity contribution in [3.05, 3.63) is 54.3 Å². The number of halogens is 1. The summed E-state index contributed by atoms with van der Waals surface area (Å²) in [6.07, 6.45) is -0.217. The smallest absolute Gasteiger partial charge is 0.233 e. The number of amides is 2. The van der Waals surface area contributed by atoms with Gasteiger partial charge in [0.15, 0.2) is 0 Å². The van der Waals surface area contributed by atoms with Gasteiger partial charge in [-0.25, -0.2) is 4.39 Å². The molecule has 3 rings (SSSR count). The third-order valence-electron chi connectivity index (χ3n) is 4.51. The van der Waals surface area contributed by atoms with Gasteiger partial charge in [0.2, 0.25) is 11.8 Å². The van der Waals surface area contributed by atoms with Crippen molar-refractivity contribution in [3.8, 4) is 5.75 Å². The van der Waals surface area contributed by atoms with Crippen LogP contribution < -0.4 is 15.0 Å². The fourth-order valence-electron chi connectivity index (χ4n) is 3.03. The zero-order valence-corrected chi connectivity index (χ0v) is 15.2. The van der Waals surface area contributed by atoms with Crippen molar-refractivity contribution < 1.29 is 18.7 Å². The second kappa shape index (κ2) is 8.53. The highest BCUT2D eigenvalue weighted by atomic mass is 19.1. The standard InChI is InChI=1S/C20H22FN3O3/c1-27-16-8-6-15(7-9-16)22-19(25)14-20(26)24-12-10-23(11-13-24)18-5-3-2-4-17(18)21/h2-9H,10-14H2,1H3,(H,22,25). The molecule has 0 unspecified atom stereocenters. The summed E-state index contributed by atoms with van der Waals surface area (Å²) in [5, 5.41) is 2.70. The number of carbonyl (C=O) groups is 2. The number of nitrogens with one attached hydrogen (secondary N) is 1. The van der Waals surface area contributed by atoms with E-state index >= 15 is 0 Å². The Morgan fingerprint density at radius 1 is 1.04 bits per heavy atom. The number of hydrogen-bond donors (Lipinski definition) is 1. The molecule has 1 fully saturated rings. The topological polar surface area (TPSA) is 61.9 Å². The van der Waals surface area contributed by atoms with Gasteiger partial charge < -0.3 is 19.9 Å². The van der Waals surface area contributed by atoms with Gasteiger partial charge in [0.05, 0.1) is 12.8 Å². The van der Waals surface area contributed by atoms with Crippen molar-refractivity contribution in [1.82, 2.24) is 4.90 Å². The van der Waals surface area contributed by atoms with Crippen LogP contribution >= 0.6 is 0 Å². The Kier molecular flexibility index (Phi) is 5.90. The minimum Gasteiger partial charge on any atom is -0.497 e. The molecule has 1 heterocycles. The highest BCUT2D eigenvalue weighted by molar-refractivity contribution is 6.03. The molecule has 0 aromatic heterocycles. The Labute approximate surface area is 157 Å². The molecular formula is C20H22FN3O3. The van der Waals surface area contributed by atoms with Gasteiger partial charge in [-0.1, -0.05) is 12.1 Å². The molecule has 27 heavy (non-hydrogen) atoms. The first-order valence-electron chi connectivity index (χ1n) is 8.78. The summed E-state index contributed by atoms with van der Waals surface area (Å²) in [7, 11) is 1.57. The lowest BCUT2D eigenvalue weighted by molar-refractivity contribution is -0.134. The van der Waals surface area contributed by atoms with Crippen molar-refractivity contribution in [2.75, 3.05) is 43.5 Å². The SMILES string of the molecule is COc1ccc(NC(=O)CC(=O)N2CCN(c3ccccc3F)CC2)cc1. The van der Waals surface area contributed by atoms with Crippen LogP contribution in [0.1, 0.15) is 6.42 Å². The van der Waals surface area contributed by atoms with E-state index in [0.29, 0.717) is 43.3 Å². The maximum absolute atomic E-state index is 13.9. The summed E-state index contributed by atoms with van der Waals surface area (Å²) >= 11 is 0. The molecule has 0 aliphatic carbocycles.